The molecule has 104 valence electrons. The first kappa shape index (κ1) is 13.5. The van der Waals surface area contributed by atoms with Gasteiger partial charge in [-0.25, -0.2) is 9.18 Å². The first-order valence-corrected chi connectivity index (χ1v) is 7.36. The van der Waals surface area contributed by atoms with Gasteiger partial charge in [-0.3, -0.25) is 14.6 Å². The molecule has 20 heavy (non-hydrogen) atoms. The zero-order valence-electron chi connectivity index (χ0n) is 10.6. The highest BCUT2D eigenvalue weighted by Crippen LogP contribution is 2.35. The molecule has 0 aromatic heterocycles. The minimum atomic E-state index is -0.492. The summed E-state index contributed by atoms with van der Waals surface area (Å²) in [4.78, 5) is 26.9. The molecular formula is C14H12FIN2O2. The van der Waals surface area contributed by atoms with Crippen molar-refractivity contribution in [2.24, 2.45) is 0 Å². The van der Waals surface area contributed by atoms with Gasteiger partial charge in [0.2, 0.25) is 5.91 Å². The van der Waals surface area contributed by atoms with Gasteiger partial charge in [0.15, 0.2) is 0 Å². The van der Waals surface area contributed by atoms with Crippen molar-refractivity contribution in [3.63, 3.8) is 0 Å². The van der Waals surface area contributed by atoms with E-state index in [1.807, 2.05) is 22.6 Å². The van der Waals surface area contributed by atoms with Crippen LogP contribution in [0, 0.1) is 9.39 Å². The maximum absolute atomic E-state index is 14.1. The number of nitrogens with zero attached hydrogens (tertiary/aromatic N) is 2. The van der Waals surface area contributed by atoms with Gasteiger partial charge in [0.1, 0.15) is 5.82 Å². The molecule has 2 aliphatic rings. The molecular weight excluding hydrogens is 374 g/mol. The quantitative estimate of drug-likeness (QED) is 0.733. The molecule has 0 N–H and O–H groups in total. The molecule has 1 aliphatic carbocycles. The van der Waals surface area contributed by atoms with E-state index in [4.69, 9.17) is 0 Å². The number of rotatable bonds is 2. The highest BCUT2D eigenvalue weighted by Gasteiger charge is 2.44. The molecule has 1 aromatic rings. The van der Waals surface area contributed by atoms with Crippen molar-refractivity contribution < 1.29 is 14.0 Å². The number of carbonyl (C=O) groups is 2. The fourth-order valence-electron chi connectivity index (χ4n) is 2.32. The Kier molecular flexibility index (Phi) is 3.27. The predicted molar refractivity (Wildman–Crippen MR) is 80.6 cm³/mol. The fraction of sp³-hybridized carbons (Fsp3) is 0.286. The van der Waals surface area contributed by atoms with Crippen LogP contribution in [0.25, 0.3) is 0 Å². The van der Waals surface area contributed by atoms with Gasteiger partial charge >= 0.3 is 6.03 Å². The summed E-state index contributed by atoms with van der Waals surface area (Å²) in [5, 5.41) is 0. The van der Waals surface area contributed by atoms with Gasteiger partial charge in [0, 0.05) is 15.3 Å². The SMILES string of the molecule is C=C1CC(=O)N(C2CC2)C(=O)N1c1ccc(I)cc1F. The van der Waals surface area contributed by atoms with Gasteiger partial charge in [-0.2, -0.15) is 0 Å². The maximum Gasteiger partial charge on any atom is 0.335 e. The second kappa shape index (κ2) is 4.83. The molecule has 1 heterocycles. The van der Waals surface area contributed by atoms with E-state index in [0.717, 1.165) is 16.4 Å². The van der Waals surface area contributed by atoms with Crippen LogP contribution in [0.3, 0.4) is 0 Å². The Morgan fingerprint density at radius 1 is 1.30 bits per heavy atom. The summed E-state index contributed by atoms with van der Waals surface area (Å²) >= 11 is 2.00. The molecule has 1 saturated heterocycles. The van der Waals surface area contributed by atoms with Crippen LogP contribution >= 0.6 is 22.6 Å². The van der Waals surface area contributed by atoms with E-state index in [1.165, 1.54) is 15.9 Å². The minimum absolute atomic E-state index is 0.0301. The van der Waals surface area contributed by atoms with Gasteiger partial charge in [-0.05, 0) is 53.6 Å². The summed E-state index contributed by atoms with van der Waals surface area (Å²) in [5.74, 6) is -0.735. The van der Waals surface area contributed by atoms with Crippen molar-refractivity contribution in [3.8, 4) is 0 Å². The zero-order valence-corrected chi connectivity index (χ0v) is 12.8. The lowest BCUT2D eigenvalue weighted by atomic mass is 10.1. The van der Waals surface area contributed by atoms with Crippen LogP contribution in [-0.2, 0) is 4.79 Å². The molecule has 2 fully saturated rings. The summed E-state index contributed by atoms with van der Waals surface area (Å²) in [7, 11) is 0. The van der Waals surface area contributed by atoms with Crippen LogP contribution < -0.4 is 4.90 Å². The monoisotopic (exact) mass is 386 g/mol. The van der Waals surface area contributed by atoms with Gasteiger partial charge in [-0.15, -0.1) is 0 Å². The van der Waals surface area contributed by atoms with Crippen LogP contribution in [0.5, 0.6) is 0 Å². The van der Waals surface area contributed by atoms with Crippen LogP contribution in [0.15, 0.2) is 30.5 Å². The topological polar surface area (TPSA) is 40.6 Å². The highest BCUT2D eigenvalue weighted by atomic mass is 127. The maximum atomic E-state index is 14.1. The molecule has 6 heteroatoms. The summed E-state index contributed by atoms with van der Waals surface area (Å²) < 4.78 is 14.8. The lowest BCUT2D eigenvalue weighted by Gasteiger charge is -2.35. The van der Waals surface area contributed by atoms with E-state index in [-0.39, 0.29) is 24.1 Å². The third kappa shape index (κ3) is 2.21. The van der Waals surface area contributed by atoms with Crippen molar-refractivity contribution >= 4 is 40.2 Å². The first-order valence-electron chi connectivity index (χ1n) is 6.28. The highest BCUT2D eigenvalue weighted by molar-refractivity contribution is 14.1. The third-order valence-corrected chi connectivity index (χ3v) is 4.07. The number of halogens is 2. The van der Waals surface area contributed by atoms with Gasteiger partial charge in [-0.1, -0.05) is 6.58 Å². The van der Waals surface area contributed by atoms with Gasteiger partial charge in [0.05, 0.1) is 12.1 Å². The Morgan fingerprint density at radius 2 is 2.00 bits per heavy atom. The van der Waals surface area contributed by atoms with E-state index in [1.54, 1.807) is 12.1 Å². The van der Waals surface area contributed by atoms with Crippen molar-refractivity contribution in [2.45, 2.75) is 25.3 Å². The number of amides is 3. The Hall–Kier alpha value is -1.44. The molecule has 1 aliphatic heterocycles. The van der Waals surface area contributed by atoms with Crippen molar-refractivity contribution in [2.75, 3.05) is 4.90 Å². The number of carbonyl (C=O) groups excluding carboxylic acids is 2. The summed E-state index contributed by atoms with van der Waals surface area (Å²) in [6.45, 7) is 3.74. The van der Waals surface area contributed by atoms with Crippen LogP contribution in [0.4, 0.5) is 14.9 Å². The molecule has 0 bridgehead atoms. The van der Waals surface area contributed by atoms with E-state index in [0.29, 0.717) is 5.70 Å². The molecule has 0 spiro atoms. The minimum Gasteiger partial charge on any atom is -0.274 e. The molecule has 0 radical (unpaired) electrons. The molecule has 3 rings (SSSR count). The van der Waals surface area contributed by atoms with Crippen molar-refractivity contribution in [3.05, 3.63) is 39.9 Å². The largest absolute Gasteiger partial charge is 0.335 e. The number of urea groups is 1. The third-order valence-electron chi connectivity index (χ3n) is 3.40. The van der Waals surface area contributed by atoms with E-state index in [2.05, 4.69) is 6.58 Å². The molecule has 1 saturated carbocycles. The van der Waals surface area contributed by atoms with E-state index >= 15 is 0 Å². The Balaban J connectivity index is 2.00. The standard InChI is InChI=1S/C14H12FIN2O2/c1-8-6-13(19)18(10-3-4-10)14(20)17(8)12-5-2-9(16)7-11(12)15/h2,5,7,10H,1,3-4,6H2. The Morgan fingerprint density at radius 3 is 2.60 bits per heavy atom. The second-order valence-electron chi connectivity index (χ2n) is 4.95. The summed E-state index contributed by atoms with van der Waals surface area (Å²) in [6.07, 6.45) is 1.70. The lowest BCUT2D eigenvalue weighted by molar-refractivity contribution is -0.128. The second-order valence-corrected chi connectivity index (χ2v) is 6.20. The average Bonchev–Trinajstić information content (AvgIpc) is 3.15. The number of hydrogen-bond acceptors (Lipinski definition) is 2. The van der Waals surface area contributed by atoms with Crippen LogP contribution in [-0.4, -0.2) is 22.9 Å². The molecule has 1 aromatic carbocycles. The number of hydrogen-bond donors (Lipinski definition) is 0. The lowest BCUT2D eigenvalue weighted by Crippen LogP contribution is -2.52. The molecule has 4 nitrogen and oxygen atoms in total. The Bertz CT molecular complexity index is 628. The van der Waals surface area contributed by atoms with E-state index in [9.17, 15) is 14.0 Å². The normalized spacial score (nSPS) is 19.8. The number of imide groups is 1. The smallest absolute Gasteiger partial charge is 0.274 e. The Labute approximate surface area is 129 Å². The van der Waals surface area contributed by atoms with Crippen molar-refractivity contribution in [1.29, 1.82) is 0 Å². The first-order chi connectivity index (χ1) is 9.49. The average molecular weight is 386 g/mol. The molecule has 0 unspecified atom stereocenters. The van der Waals surface area contributed by atoms with E-state index < -0.39 is 11.8 Å². The number of anilines is 1. The van der Waals surface area contributed by atoms with Gasteiger partial charge < -0.3 is 0 Å². The van der Waals surface area contributed by atoms with Crippen LogP contribution in [0.2, 0.25) is 0 Å². The fourth-order valence-corrected chi connectivity index (χ4v) is 2.77. The molecule has 3 amide bonds. The summed E-state index contributed by atoms with van der Waals surface area (Å²) in [5.41, 5.74) is 0.468. The van der Waals surface area contributed by atoms with Gasteiger partial charge in [0.25, 0.3) is 0 Å². The summed E-state index contributed by atoms with van der Waals surface area (Å²) in [6, 6.07) is 4.10. The van der Waals surface area contributed by atoms with Crippen LogP contribution in [0.1, 0.15) is 19.3 Å². The zero-order chi connectivity index (χ0) is 14.4. The molecule has 0 atom stereocenters. The number of benzene rings is 1. The van der Waals surface area contributed by atoms with Crippen molar-refractivity contribution in [1.82, 2.24) is 4.90 Å². The predicted octanol–water partition coefficient (Wildman–Crippen LogP) is 3.27.